The molecule has 1 aromatic heterocycles. The Kier molecular flexibility index (Phi) is 3.00. The standard InChI is InChI=1S/C12H11N3O2/c1-8-2-4-9(5-3-8)7-13-10-6-11(16)15-12(17)14-10/h2-7H,1H3,(H2,14,15,16,17). The lowest BCUT2D eigenvalue weighted by Gasteiger charge is -1.94. The molecular formula is C12H11N3O2. The molecule has 86 valence electrons. The number of hydrogen-bond acceptors (Lipinski definition) is 3. The number of H-pyrrole nitrogens is 2. The summed E-state index contributed by atoms with van der Waals surface area (Å²) in [6.45, 7) is 2.00. The minimum absolute atomic E-state index is 0.235. The van der Waals surface area contributed by atoms with Crippen LogP contribution in [0.3, 0.4) is 0 Å². The van der Waals surface area contributed by atoms with E-state index in [1.165, 1.54) is 6.07 Å². The summed E-state index contributed by atoms with van der Waals surface area (Å²) in [6.07, 6.45) is 1.59. The van der Waals surface area contributed by atoms with Gasteiger partial charge in [-0.2, -0.15) is 0 Å². The summed E-state index contributed by atoms with van der Waals surface area (Å²) in [5.74, 6) is 0.235. The van der Waals surface area contributed by atoms with E-state index in [-0.39, 0.29) is 5.82 Å². The zero-order chi connectivity index (χ0) is 12.3. The molecule has 2 rings (SSSR count). The van der Waals surface area contributed by atoms with Gasteiger partial charge in [0.1, 0.15) is 5.82 Å². The Bertz CT molecular complexity index is 622. The maximum atomic E-state index is 11.0. The number of aliphatic imine (C=N–C) groups is 1. The fourth-order valence-corrected chi connectivity index (χ4v) is 1.32. The van der Waals surface area contributed by atoms with Crippen LogP contribution in [0, 0.1) is 6.92 Å². The third-order valence-electron chi connectivity index (χ3n) is 2.18. The van der Waals surface area contributed by atoms with E-state index in [1.807, 2.05) is 31.2 Å². The van der Waals surface area contributed by atoms with E-state index in [0.29, 0.717) is 0 Å². The average Bonchev–Trinajstić information content (AvgIpc) is 2.27. The molecular weight excluding hydrogens is 218 g/mol. The maximum Gasteiger partial charge on any atom is 0.327 e. The predicted octanol–water partition coefficient (Wildman–Crippen LogP) is 1.12. The lowest BCUT2D eigenvalue weighted by molar-refractivity contribution is 1.03. The smallest absolute Gasteiger partial charge is 0.292 e. The quantitative estimate of drug-likeness (QED) is 0.757. The van der Waals surface area contributed by atoms with Crippen LogP contribution in [0.2, 0.25) is 0 Å². The average molecular weight is 229 g/mol. The maximum absolute atomic E-state index is 11.0. The Labute approximate surface area is 96.9 Å². The zero-order valence-corrected chi connectivity index (χ0v) is 9.23. The molecule has 0 aliphatic rings. The van der Waals surface area contributed by atoms with Crippen LogP contribution in [-0.4, -0.2) is 16.2 Å². The molecule has 0 saturated carbocycles. The van der Waals surface area contributed by atoms with Crippen molar-refractivity contribution >= 4 is 12.0 Å². The van der Waals surface area contributed by atoms with Gasteiger partial charge in [-0.1, -0.05) is 29.8 Å². The monoisotopic (exact) mass is 229 g/mol. The first kappa shape index (κ1) is 11.1. The van der Waals surface area contributed by atoms with Gasteiger partial charge >= 0.3 is 5.69 Å². The van der Waals surface area contributed by atoms with Gasteiger partial charge in [0.25, 0.3) is 5.56 Å². The second kappa shape index (κ2) is 4.61. The first-order valence-corrected chi connectivity index (χ1v) is 5.08. The van der Waals surface area contributed by atoms with Crippen LogP contribution in [0.25, 0.3) is 0 Å². The van der Waals surface area contributed by atoms with Gasteiger partial charge in [0, 0.05) is 12.3 Å². The molecule has 1 aromatic carbocycles. The largest absolute Gasteiger partial charge is 0.327 e. The van der Waals surface area contributed by atoms with E-state index in [1.54, 1.807) is 6.21 Å². The molecule has 0 spiro atoms. The van der Waals surface area contributed by atoms with Crippen LogP contribution in [-0.2, 0) is 0 Å². The second-order valence-electron chi connectivity index (χ2n) is 3.64. The molecule has 5 nitrogen and oxygen atoms in total. The highest BCUT2D eigenvalue weighted by molar-refractivity contribution is 5.81. The summed E-state index contributed by atoms with van der Waals surface area (Å²) in [5.41, 5.74) is 1.03. The Morgan fingerprint density at radius 1 is 1.12 bits per heavy atom. The summed E-state index contributed by atoms with van der Waals surface area (Å²) in [5, 5.41) is 0. The number of rotatable bonds is 2. The van der Waals surface area contributed by atoms with Gasteiger partial charge in [0.15, 0.2) is 0 Å². The van der Waals surface area contributed by atoms with Crippen LogP contribution in [0.1, 0.15) is 11.1 Å². The number of aromatic amines is 2. The molecule has 17 heavy (non-hydrogen) atoms. The van der Waals surface area contributed by atoms with Crippen molar-refractivity contribution in [3.05, 3.63) is 62.3 Å². The molecule has 0 amide bonds. The number of aromatic nitrogens is 2. The molecule has 0 unspecified atom stereocenters. The summed E-state index contributed by atoms with van der Waals surface area (Å²) in [7, 11) is 0. The van der Waals surface area contributed by atoms with E-state index < -0.39 is 11.2 Å². The lowest BCUT2D eigenvalue weighted by atomic mass is 10.2. The van der Waals surface area contributed by atoms with Crippen LogP contribution in [0.5, 0.6) is 0 Å². The highest BCUT2D eigenvalue weighted by atomic mass is 16.2. The van der Waals surface area contributed by atoms with Gasteiger partial charge in [-0.15, -0.1) is 0 Å². The number of nitrogens with one attached hydrogen (secondary N) is 2. The Morgan fingerprint density at radius 3 is 2.47 bits per heavy atom. The molecule has 0 atom stereocenters. The van der Waals surface area contributed by atoms with Gasteiger partial charge in [-0.3, -0.25) is 14.8 Å². The van der Waals surface area contributed by atoms with Gasteiger partial charge in [0.2, 0.25) is 0 Å². The Morgan fingerprint density at radius 2 is 1.82 bits per heavy atom. The van der Waals surface area contributed by atoms with Crippen molar-refractivity contribution < 1.29 is 0 Å². The summed E-state index contributed by atoms with van der Waals surface area (Å²) in [6, 6.07) is 8.96. The second-order valence-corrected chi connectivity index (χ2v) is 3.64. The SMILES string of the molecule is Cc1ccc(C=Nc2cc(=O)[nH]c(=O)[nH]2)cc1. The highest BCUT2D eigenvalue weighted by Gasteiger charge is 1.93. The minimum atomic E-state index is -0.562. The third-order valence-corrected chi connectivity index (χ3v) is 2.18. The van der Waals surface area contributed by atoms with Crippen molar-refractivity contribution in [1.82, 2.24) is 9.97 Å². The molecule has 0 radical (unpaired) electrons. The van der Waals surface area contributed by atoms with Gasteiger partial charge in [-0.25, -0.2) is 9.79 Å². The van der Waals surface area contributed by atoms with Crippen molar-refractivity contribution in [2.75, 3.05) is 0 Å². The number of aryl methyl sites for hydroxylation is 1. The zero-order valence-electron chi connectivity index (χ0n) is 9.23. The number of nitrogens with zero attached hydrogens (tertiary/aromatic N) is 1. The highest BCUT2D eigenvalue weighted by Crippen LogP contribution is 2.03. The molecule has 1 heterocycles. The normalized spacial score (nSPS) is 10.9. The number of hydrogen-bond donors (Lipinski definition) is 2. The van der Waals surface area contributed by atoms with E-state index in [0.717, 1.165) is 11.1 Å². The molecule has 0 aliphatic carbocycles. The molecule has 0 bridgehead atoms. The number of benzene rings is 1. The molecule has 0 saturated heterocycles. The first-order valence-electron chi connectivity index (χ1n) is 5.08. The predicted molar refractivity (Wildman–Crippen MR) is 66.1 cm³/mol. The summed E-state index contributed by atoms with van der Waals surface area (Å²) < 4.78 is 0. The van der Waals surface area contributed by atoms with Crippen molar-refractivity contribution in [3.63, 3.8) is 0 Å². The summed E-state index contributed by atoms with van der Waals surface area (Å²) >= 11 is 0. The molecule has 2 aromatic rings. The molecule has 2 N–H and O–H groups in total. The molecule has 0 aliphatic heterocycles. The van der Waals surface area contributed by atoms with Crippen LogP contribution in [0.15, 0.2) is 44.9 Å². The first-order chi connectivity index (χ1) is 8.13. The summed E-state index contributed by atoms with van der Waals surface area (Å²) in [4.78, 5) is 30.5. The fraction of sp³-hybridized carbons (Fsp3) is 0.0833. The van der Waals surface area contributed by atoms with Crippen LogP contribution >= 0.6 is 0 Å². The topological polar surface area (TPSA) is 78.1 Å². The van der Waals surface area contributed by atoms with Crippen LogP contribution < -0.4 is 11.2 Å². The van der Waals surface area contributed by atoms with E-state index in [9.17, 15) is 9.59 Å². The molecule has 5 heteroatoms. The Balaban J connectivity index is 2.28. The van der Waals surface area contributed by atoms with Crippen molar-refractivity contribution in [2.45, 2.75) is 6.92 Å². The van der Waals surface area contributed by atoms with Gasteiger partial charge in [0.05, 0.1) is 0 Å². The van der Waals surface area contributed by atoms with Crippen molar-refractivity contribution in [3.8, 4) is 0 Å². The third kappa shape index (κ3) is 3.01. The Hall–Kier alpha value is -2.43. The van der Waals surface area contributed by atoms with Crippen molar-refractivity contribution in [2.24, 2.45) is 4.99 Å². The van der Waals surface area contributed by atoms with E-state index in [4.69, 9.17) is 0 Å². The van der Waals surface area contributed by atoms with Crippen LogP contribution in [0.4, 0.5) is 5.82 Å². The lowest BCUT2D eigenvalue weighted by Crippen LogP contribution is -2.20. The van der Waals surface area contributed by atoms with E-state index >= 15 is 0 Å². The molecule has 0 fully saturated rings. The van der Waals surface area contributed by atoms with E-state index in [2.05, 4.69) is 15.0 Å². The van der Waals surface area contributed by atoms with Gasteiger partial charge in [-0.05, 0) is 12.5 Å². The van der Waals surface area contributed by atoms with Crippen molar-refractivity contribution in [1.29, 1.82) is 0 Å². The fourth-order valence-electron chi connectivity index (χ4n) is 1.32. The minimum Gasteiger partial charge on any atom is -0.292 e. The van der Waals surface area contributed by atoms with Gasteiger partial charge < -0.3 is 0 Å².